The van der Waals surface area contributed by atoms with Crippen molar-refractivity contribution in [3.63, 3.8) is 0 Å². The Kier molecular flexibility index (Phi) is 5.68. The van der Waals surface area contributed by atoms with Gasteiger partial charge in [-0.1, -0.05) is 30.3 Å². The van der Waals surface area contributed by atoms with Crippen LogP contribution in [0.15, 0.2) is 30.3 Å². The molecular formula is C16H23NO5. The van der Waals surface area contributed by atoms with Crippen molar-refractivity contribution in [2.75, 3.05) is 0 Å². The molecule has 2 unspecified atom stereocenters. The van der Waals surface area contributed by atoms with E-state index in [1.165, 1.54) is 6.92 Å². The van der Waals surface area contributed by atoms with Gasteiger partial charge >= 0.3 is 11.9 Å². The first kappa shape index (κ1) is 18.1. The quantitative estimate of drug-likeness (QED) is 0.625. The molecule has 0 spiro atoms. The van der Waals surface area contributed by atoms with Crippen LogP contribution in [-0.2, 0) is 25.7 Å². The van der Waals surface area contributed by atoms with Crippen molar-refractivity contribution in [2.24, 2.45) is 5.73 Å². The lowest BCUT2D eigenvalue weighted by molar-refractivity contribution is -0.177. The van der Waals surface area contributed by atoms with Gasteiger partial charge in [0.15, 0.2) is 0 Å². The van der Waals surface area contributed by atoms with Gasteiger partial charge in [-0.05, 0) is 33.3 Å². The maximum absolute atomic E-state index is 12.2. The highest BCUT2D eigenvalue weighted by Crippen LogP contribution is 2.18. The minimum Gasteiger partial charge on any atom is -0.459 e. The Balaban J connectivity index is 2.85. The molecule has 0 saturated carbocycles. The molecule has 6 heteroatoms. The number of carbonyl (C=O) groups excluding carboxylic acids is 2. The first-order valence-electron chi connectivity index (χ1n) is 6.99. The third-order valence-electron chi connectivity index (χ3n) is 2.95. The number of ether oxygens (including phenoxy) is 2. The fraction of sp³-hybridized carbons (Fsp3) is 0.500. The molecule has 122 valence electrons. The van der Waals surface area contributed by atoms with Gasteiger partial charge in [-0.2, -0.15) is 0 Å². The zero-order valence-corrected chi connectivity index (χ0v) is 13.3. The van der Waals surface area contributed by atoms with Crippen LogP contribution in [0.25, 0.3) is 0 Å². The average molecular weight is 309 g/mol. The molecule has 0 aliphatic carbocycles. The zero-order valence-electron chi connectivity index (χ0n) is 13.3. The summed E-state index contributed by atoms with van der Waals surface area (Å²) in [5.74, 6) is -2.05. The molecule has 1 rings (SSSR count). The third kappa shape index (κ3) is 4.54. The number of aliphatic hydroxyl groups is 1. The van der Waals surface area contributed by atoms with Gasteiger partial charge in [-0.3, -0.25) is 0 Å². The van der Waals surface area contributed by atoms with Crippen molar-refractivity contribution in [2.45, 2.75) is 51.5 Å². The van der Waals surface area contributed by atoms with Crippen LogP contribution < -0.4 is 5.73 Å². The molecule has 0 fully saturated rings. The van der Waals surface area contributed by atoms with Crippen LogP contribution in [0.1, 0.15) is 33.3 Å². The maximum Gasteiger partial charge on any atom is 0.341 e. The summed E-state index contributed by atoms with van der Waals surface area (Å²) >= 11 is 0. The fourth-order valence-electron chi connectivity index (χ4n) is 1.63. The van der Waals surface area contributed by atoms with E-state index in [0.717, 1.165) is 5.56 Å². The van der Waals surface area contributed by atoms with Gasteiger partial charge in [0.2, 0.25) is 5.54 Å². The molecule has 0 saturated heterocycles. The lowest BCUT2D eigenvalue weighted by Gasteiger charge is -2.31. The smallest absolute Gasteiger partial charge is 0.341 e. The number of hydrogen-bond donors (Lipinski definition) is 2. The average Bonchev–Trinajstić information content (AvgIpc) is 2.42. The van der Waals surface area contributed by atoms with E-state index in [4.69, 9.17) is 15.2 Å². The number of benzene rings is 1. The predicted molar refractivity (Wildman–Crippen MR) is 80.7 cm³/mol. The molecule has 0 amide bonds. The molecule has 0 aliphatic rings. The van der Waals surface area contributed by atoms with E-state index in [9.17, 15) is 14.7 Å². The van der Waals surface area contributed by atoms with Crippen molar-refractivity contribution in [3.05, 3.63) is 35.9 Å². The summed E-state index contributed by atoms with van der Waals surface area (Å²) in [6.45, 7) is 6.12. The first-order chi connectivity index (χ1) is 10.1. The number of esters is 2. The number of carbonyl (C=O) groups is 2. The summed E-state index contributed by atoms with van der Waals surface area (Å²) in [5, 5.41) is 9.78. The summed E-state index contributed by atoms with van der Waals surface area (Å²) < 4.78 is 10.2. The molecule has 1 aromatic carbocycles. The topological polar surface area (TPSA) is 98.9 Å². The SMILES string of the molecule is CC(O)C(N)(C(=O)OCc1ccccc1)C(=O)OC(C)(C)C. The Morgan fingerprint density at radius 1 is 1.18 bits per heavy atom. The predicted octanol–water partition coefficient (Wildman–Crippen LogP) is 1.15. The van der Waals surface area contributed by atoms with E-state index in [2.05, 4.69) is 0 Å². The van der Waals surface area contributed by atoms with E-state index in [1.54, 1.807) is 45.0 Å². The van der Waals surface area contributed by atoms with Gasteiger partial charge in [-0.15, -0.1) is 0 Å². The Hall–Kier alpha value is -1.92. The minimum absolute atomic E-state index is 0.0475. The summed E-state index contributed by atoms with van der Waals surface area (Å²) in [6, 6.07) is 8.94. The van der Waals surface area contributed by atoms with Crippen LogP contribution in [0.5, 0.6) is 0 Å². The van der Waals surface area contributed by atoms with Crippen LogP contribution in [0.3, 0.4) is 0 Å². The van der Waals surface area contributed by atoms with Crippen molar-refractivity contribution < 1.29 is 24.2 Å². The van der Waals surface area contributed by atoms with E-state index in [1.807, 2.05) is 6.07 Å². The molecule has 0 aliphatic heterocycles. The highest BCUT2D eigenvalue weighted by atomic mass is 16.6. The Morgan fingerprint density at radius 3 is 2.18 bits per heavy atom. The minimum atomic E-state index is -2.26. The van der Waals surface area contributed by atoms with Gasteiger partial charge in [-0.25, -0.2) is 9.59 Å². The van der Waals surface area contributed by atoms with E-state index < -0.39 is 29.2 Å². The van der Waals surface area contributed by atoms with Crippen molar-refractivity contribution >= 4 is 11.9 Å². The molecule has 2 atom stereocenters. The van der Waals surface area contributed by atoms with E-state index >= 15 is 0 Å². The van der Waals surface area contributed by atoms with Gasteiger partial charge in [0, 0.05) is 0 Å². The summed E-state index contributed by atoms with van der Waals surface area (Å²) in [6.07, 6.45) is -1.45. The van der Waals surface area contributed by atoms with Crippen molar-refractivity contribution in [1.29, 1.82) is 0 Å². The van der Waals surface area contributed by atoms with Gasteiger partial charge in [0.25, 0.3) is 0 Å². The van der Waals surface area contributed by atoms with Crippen molar-refractivity contribution in [1.82, 2.24) is 0 Å². The maximum atomic E-state index is 12.2. The van der Waals surface area contributed by atoms with Crippen LogP contribution in [0, 0.1) is 0 Å². The Labute approximate surface area is 130 Å². The third-order valence-corrected chi connectivity index (χ3v) is 2.95. The van der Waals surface area contributed by atoms with Crippen LogP contribution in [-0.4, -0.2) is 34.3 Å². The zero-order chi connectivity index (χ0) is 17.0. The number of nitrogens with two attached hydrogens (primary N) is 1. The van der Waals surface area contributed by atoms with Gasteiger partial charge < -0.3 is 20.3 Å². The van der Waals surface area contributed by atoms with E-state index in [-0.39, 0.29) is 6.61 Å². The molecule has 6 nitrogen and oxygen atoms in total. The summed E-state index contributed by atoms with van der Waals surface area (Å²) in [4.78, 5) is 24.4. The standard InChI is InChI=1S/C16H23NO5/c1-11(18)16(17,14(20)22-15(2,3)4)13(19)21-10-12-8-6-5-7-9-12/h5-9,11,18H,10,17H2,1-4H3. The molecule has 22 heavy (non-hydrogen) atoms. The number of hydrogen-bond acceptors (Lipinski definition) is 6. The van der Waals surface area contributed by atoms with Crippen LogP contribution >= 0.6 is 0 Å². The summed E-state index contributed by atoms with van der Waals surface area (Å²) in [7, 11) is 0. The van der Waals surface area contributed by atoms with Crippen LogP contribution in [0.4, 0.5) is 0 Å². The highest BCUT2D eigenvalue weighted by molar-refractivity contribution is 6.05. The van der Waals surface area contributed by atoms with E-state index in [0.29, 0.717) is 0 Å². The summed E-state index contributed by atoms with van der Waals surface area (Å²) in [5.41, 5.74) is 3.44. The lowest BCUT2D eigenvalue weighted by atomic mass is 9.94. The normalized spacial score (nSPS) is 15.5. The monoisotopic (exact) mass is 309 g/mol. The molecular weight excluding hydrogens is 286 g/mol. The molecule has 1 aromatic rings. The molecule has 0 bridgehead atoms. The van der Waals surface area contributed by atoms with Gasteiger partial charge in [0.1, 0.15) is 12.2 Å². The second-order valence-corrected chi connectivity index (χ2v) is 6.11. The largest absolute Gasteiger partial charge is 0.459 e. The number of rotatable bonds is 5. The second kappa shape index (κ2) is 6.89. The first-order valence-corrected chi connectivity index (χ1v) is 6.99. The highest BCUT2D eigenvalue weighted by Gasteiger charge is 2.51. The Bertz CT molecular complexity index is 521. The second-order valence-electron chi connectivity index (χ2n) is 6.11. The van der Waals surface area contributed by atoms with Crippen molar-refractivity contribution in [3.8, 4) is 0 Å². The lowest BCUT2D eigenvalue weighted by Crippen LogP contribution is -2.64. The molecule has 0 aromatic heterocycles. The molecule has 3 N–H and O–H groups in total. The molecule has 0 radical (unpaired) electrons. The fourth-order valence-corrected chi connectivity index (χ4v) is 1.63. The van der Waals surface area contributed by atoms with Gasteiger partial charge in [0.05, 0.1) is 6.10 Å². The Morgan fingerprint density at radius 2 is 1.73 bits per heavy atom. The van der Waals surface area contributed by atoms with Crippen LogP contribution in [0.2, 0.25) is 0 Å². The molecule has 0 heterocycles. The number of aliphatic hydroxyl groups excluding tert-OH is 1.